The highest BCUT2D eigenvalue weighted by molar-refractivity contribution is 7.99. The maximum absolute atomic E-state index is 11.6. The quantitative estimate of drug-likeness (QED) is 0.774. The van der Waals surface area contributed by atoms with Gasteiger partial charge in [0.25, 0.3) is 0 Å². The second kappa shape index (κ2) is 4.54. The number of nitrogens with zero attached hydrogens (tertiary/aromatic N) is 4. The van der Waals surface area contributed by atoms with E-state index in [2.05, 4.69) is 20.2 Å². The van der Waals surface area contributed by atoms with Gasteiger partial charge in [-0.25, -0.2) is 19.9 Å². The van der Waals surface area contributed by atoms with Crippen LogP contribution < -0.4 is 5.69 Å². The largest absolute Gasteiger partial charge is 0.392 e. The molecule has 0 atom stereocenters. The van der Waals surface area contributed by atoms with E-state index in [0.29, 0.717) is 15.9 Å². The van der Waals surface area contributed by atoms with Crippen LogP contribution in [-0.2, 0) is 6.61 Å². The molecule has 1 saturated carbocycles. The fraction of sp³-hybridized carbons (Fsp3) is 0.400. The minimum absolute atomic E-state index is 0.0832. The maximum Gasteiger partial charge on any atom is 0.344 e. The summed E-state index contributed by atoms with van der Waals surface area (Å²) in [6.45, 7) is -0.0832. The molecule has 3 rings (SSSR count). The van der Waals surface area contributed by atoms with E-state index in [0.717, 1.165) is 12.8 Å². The Balaban J connectivity index is 1.85. The van der Waals surface area contributed by atoms with Crippen LogP contribution in [0.3, 0.4) is 0 Å². The summed E-state index contributed by atoms with van der Waals surface area (Å²) < 4.78 is 1.65. The predicted octanol–water partition coefficient (Wildman–Crippen LogP) is 0.340. The van der Waals surface area contributed by atoms with Crippen LogP contribution >= 0.6 is 11.8 Å². The van der Waals surface area contributed by atoms with Gasteiger partial charge < -0.3 is 5.11 Å². The molecular formula is C10H11N5O2S. The standard InChI is InChI=1S/C10H11N5O2S/c16-5-6-3-11-8(12-4-6)18-10-14-13-9(17)15(10)7-1-2-7/h3-4,7,16H,1-2,5H2,(H,13,17). The molecule has 0 bridgehead atoms. The SMILES string of the molecule is O=c1[nH]nc(Sc2ncc(CO)cn2)n1C1CC1. The Hall–Kier alpha value is -1.67. The van der Waals surface area contributed by atoms with Crippen LogP contribution in [0.1, 0.15) is 24.4 Å². The zero-order chi connectivity index (χ0) is 12.5. The van der Waals surface area contributed by atoms with Crippen LogP contribution in [0.15, 0.2) is 27.5 Å². The molecule has 1 aliphatic carbocycles. The van der Waals surface area contributed by atoms with E-state index in [9.17, 15) is 4.79 Å². The zero-order valence-electron chi connectivity index (χ0n) is 9.41. The van der Waals surface area contributed by atoms with E-state index < -0.39 is 0 Å². The molecule has 0 radical (unpaired) electrons. The normalized spacial score (nSPS) is 14.9. The van der Waals surface area contributed by atoms with E-state index in [4.69, 9.17) is 5.11 Å². The molecular weight excluding hydrogens is 254 g/mol. The van der Waals surface area contributed by atoms with E-state index in [1.165, 1.54) is 11.8 Å². The summed E-state index contributed by atoms with van der Waals surface area (Å²) in [4.78, 5) is 19.8. The Morgan fingerprint density at radius 3 is 2.78 bits per heavy atom. The lowest BCUT2D eigenvalue weighted by Gasteiger charge is -2.02. The molecule has 0 aromatic carbocycles. The molecule has 0 spiro atoms. The number of aromatic nitrogens is 5. The first kappa shape index (κ1) is 11.4. The van der Waals surface area contributed by atoms with Crippen LogP contribution in [0.4, 0.5) is 0 Å². The molecule has 0 saturated heterocycles. The number of hydrogen-bond acceptors (Lipinski definition) is 6. The molecule has 1 aliphatic rings. The topological polar surface area (TPSA) is 96.7 Å². The molecule has 94 valence electrons. The van der Waals surface area contributed by atoms with Gasteiger partial charge in [0.1, 0.15) is 0 Å². The van der Waals surface area contributed by atoms with Crippen LogP contribution in [-0.4, -0.2) is 29.8 Å². The van der Waals surface area contributed by atoms with Gasteiger partial charge in [-0.3, -0.25) is 4.57 Å². The Morgan fingerprint density at radius 2 is 2.17 bits per heavy atom. The fourth-order valence-corrected chi connectivity index (χ4v) is 2.37. The van der Waals surface area contributed by atoms with Gasteiger partial charge in [-0.2, -0.15) is 0 Å². The molecule has 2 aromatic heterocycles. The average molecular weight is 265 g/mol. The summed E-state index contributed by atoms with van der Waals surface area (Å²) in [5.41, 5.74) is 0.466. The van der Waals surface area contributed by atoms with Crippen molar-refractivity contribution in [3.63, 3.8) is 0 Å². The summed E-state index contributed by atoms with van der Waals surface area (Å²) >= 11 is 1.24. The Kier molecular flexibility index (Phi) is 2.88. The first-order valence-corrected chi connectivity index (χ1v) is 6.36. The van der Waals surface area contributed by atoms with Gasteiger partial charge in [-0.1, -0.05) is 0 Å². The van der Waals surface area contributed by atoms with Crippen molar-refractivity contribution in [2.45, 2.75) is 35.8 Å². The number of nitrogens with one attached hydrogen (secondary N) is 1. The highest BCUT2D eigenvalue weighted by Crippen LogP contribution is 2.36. The number of H-pyrrole nitrogens is 1. The summed E-state index contributed by atoms with van der Waals surface area (Å²) in [6, 6.07) is 0.260. The molecule has 0 unspecified atom stereocenters. The fourth-order valence-electron chi connectivity index (χ4n) is 1.58. The van der Waals surface area contributed by atoms with E-state index in [-0.39, 0.29) is 18.3 Å². The minimum atomic E-state index is -0.188. The summed E-state index contributed by atoms with van der Waals surface area (Å²) in [7, 11) is 0. The van der Waals surface area contributed by atoms with Gasteiger partial charge in [-0.05, 0) is 24.6 Å². The molecule has 2 heterocycles. The lowest BCUT2D eigenvalue weighted by atomic mass is 10.4. The molecule has 0 aliphatic heterocycles. The molecule has 2 aromatic rings. The molecule has 2 N–H and O–H groups in total. The smallest absolute Gasteiger partial charge is 0.344 e. The lowest BCUT2D eigenvalue weighted by molar-refractivity contribution is 0.280. The van der Waals surface area contributed by atoms with Crippen molar-refractivity contribution in [1.29, 1.82) is 0 Å². The summed E-state index contributed by atoms with van der Waals surface area (Å²) in [6.07, 6.45) is 5.14. The van der Waals surface area contributed by atoms with Crippen LogP contribution in [0.5, 0.6) is 0 Å². The van der Waals surface area contributed by atoms with E-state index in [1.54, 1.807) is 17.0 Å². The molecule has 1 fully saturated rings. The van der Waals surface area contributed by atoms with Crippen LogP contribution in [0.2, 0.25) is 0 Å². The van der Waals surface area contributed by atoms with Gasteiger partial charge >= 0.3 is 5.69 Å². The lowest BCUT2D eigenvalue weighted by Crippen LogP contribution is -2.16. The zero-order valence-corrected chi connectivity index (χ0v) is 10.2. The predicted molar refractivity (Wildman–Crippen MR) is 63.2 cm³/mol. The number of rotatable bonds is 4. The third-order valence-electron chi connectivity index (χ3n) is 2.63. The monoisotopic (exact) mass is 265 g/mol. The first-order chi connectivity index (χ1) is 8.78. The van der Waals surface area contributed by atoms with E-state index in [1.807, 2.05) is 0 Å². The molecule has 18 heavy (non-hydrogen) atoms. The number of aromatic amines is 1. The first-order valence-electron chi connectivity index (χ1n) is 5.54. The number of hydrogen-bond donors (Lipinski definition) is 2. The molecule has 0 amide bonds. The second-order valence-electron chi connectivity index (χ2n) is 4.05. The third kappa shape index (κ3) is 2.16. The third-order valence-corrected chi connectivity index (χ3v) is 3.49. The van der Waals surface area contributed by atoms with Crippen molar-refractivity contribution in [3.8, 4) is 0 Å². The van der Waals surface area contributed by atoms with Crippen molar-refractivity contribution >= 4 is 11.8 Å². The second-order valence-corrected chi connectivity index (χ2v) is 4.98. The number of aliphatic hydroxyl groups is 1. The molecule has 8 heteroatoms. The highest BCUT2D eigenvalue weighted by atomic mass is 32.2. The summed E-state index contributed by atoms with van der Waals surface area (Å²) in [5, 5.41) is 16.4. The van der Waals surface area contributed by atoms with Crippen molar-refractivity contribution in [1.82, 2.24) is 24.7 Å². The number of aliphatic hydroxyl groups excluding tert-OH is 1. The van der Waals surface area contributed by atoms with Crippen LogP contribution in [0.25, 0.3) is 0 Å². The van der Waals surface area contributed by atoms with Gasteiger partial charge in [0.05, 0.1) is 6.61 Å². The van der Waals surface area contributed by atoms with Crippen molar-refractivity contribution in [2.24, 2.45) is 0 Å². The Bertz CT molecular complexity index is 601. The van der Waals surface area contributed by atoms with Gasteiger partial charge in [-0.15, -0.1) is 5.10 Å². The average Bonchev–Trinajstić information content (AvgIpc) is 3.16. The van der Waals surface area contributed by atoms with E-state index >= 15 is 0 Å². The maximum atomic E-state index is 11.6. The summed E-state index contributed by atoms with van der Waals surface area (Å²) in [5.74, 6) is 0. The van der Waals surface area contributed by atoms with Gasteiger partial charge in [0.15, 0.2) is 10.3 Å². The Labute approximate surface area is 106 Å². The van der Waals surface area contributed by atoms with Crippen LogP contribution in [0, 0.1) is 0 Å². The van der Waals surface area contributed by atoms with Crippen molar-refractivity contribution in [3.05, 3.63) is 28.4 Å². The van der Waals surface area contributed by atoms with Gasteiger partial charge in [0, 0.05) is 24.0 Å². The molecule has 7 nitrogen and oxygen atoms in total. The highest BCUT2D eigenvalue weighted by Gasteiger charge is 2.29. The van der Waals surface area contributed by atoms with Crippen molar-refractivity contribution < 1.29 is 5.11 Å². The minimum Gasteiger partial charge on any atom is -0.392 e. The van der Waals surface area contributed by atoms with Gasteiger partial charge in [0.2, 0.25) is 0 Å². The Morgan fingerprint density at radius 1 is 1.44 bits per heavy atom. The van der Waals surface area contributed by atoms with Crippen molar-refractivity contribution in [2.75, 3.05) is 0 Å².